The van der Waals surface area contributed by atoms with Crippen LogP contribution in [0.2, 0.25) is 0 Å². The number of rotatable bonds is 5. The van der Waals surface area contributed by atoms with E-state index in [1.807, 2.05) is 24.9 Å². The standard InChI is InChI=1S/C10H15N5O/c1-8-9(6-15(2)14-8)5-11-4-3-10-12-7-13-16-10/h6-7,11H,3-5H2,1-2H3. The lowest BCUT2D eigenvalue weighted by Crippen LogP contribution is -2.17. The Morgan fingerprint density at radius 3 is 3.00 bits per heavy atom. The number of aromatic nitrogens is 4. The summed E-state index contributed by atoms with van der Waals surface area (Å²) in [6.07, 6.45) is 4.19. The summed E-state index contributed by atoms with van der Waals surface area (Å²) in [5.41, 5.74) is 2.28. The molecule has 16 heavy (non-hydrogen) atoms. The molecule has 0 atom stereocenters. The molecule has 0 amide bonds. The first-order valence-corrected chi connectivity index (χ1v) is 5.21. The van der Waals surface area contributed by atoms with E-state index >= 15 is 0 Å². The van der Waals surface area contributed by atoms with Gasteiger partial charge >= 0.3 is 0 Å². The SMILES string of the molecule is Cc1nn(C)cc1CNCCc1ncno1. The summed E-state index contributed by atoms with van der Waals surface area (Å²) in [4.78, 5) is 3.95. The molecule has 1 N–H and O–H groups in total. The molecule has 0 fully saturated rings. The van der Waals surface area contributed by atoms with Crippen molar-refractivity contribution in [2.24, 2.45) is 7.05 Å². The Morgan fingerprint density at radius 2 is 2.38 bits per heavy atom. The first-order chi connectivity index (χ1) is 7.75. The van der Waals surface area contributed by atoms with Crippen molar-refractivity contribution in [2.45, 2.75) is 19.9 Å². The predicted molar refractivity (Wildman–Crippen MR) is 57.7 cm³/mol. The smallest absolute Gasteiger partial charge is 0.227 e. The van der Waals surface area contributed by atoms with E-state index in [2.05, 4.69) is 20.6 Å². The lowest BCUT2D eigenvalue weighted by atomic mass is 10.2. The number of nitrogens with one attached hydrogen (secondary N) is 1. The van der Waals surface area contributed by atoms with Crippen LogP contribution in [0.4, 0.5) is 0 Å². The van der Waals surface area contributed by atoms with Crippen LogP contribution in [-0.4, -0.2) is 26.5 Å². The molecule has 0 spiro atoms. The molecule has 0 aromatic carbocycles. The second-order valence-corrected chi connectivity index (χ2v) is 3.68. The minimum absolute atomic E-state index is 0.662. The Kier molecular flexibility index (Phi) is 3.31. The van der Waals surface area contributed by atoms with Crippen LogP contribution >= 0.6 is 0 Å². The third-order valence-corrected chi connectivity index (χ3v) is 2.35. The molecule has 6 nitrogen and oxygen atoms in total. The second kappa shape index (κ2) is 4.89. The van der Waals surface area contributed by atoms with Crippen molar-refractivity contribution in [2.75, 3.05) is 6.54 Å². The van der Waals surface area contributed by atoms with Gasteiger partial charge in [-0.25, -0.2) is 0 Å². The van der Waals surface area contributed by atoms with Gasteiger partial charge < -0.3 is 9.84 Å². The van der Waals surface area contributed by atoms with Gasteiger partial charge in [-0.05, 0) is 6.92 Å². The van der Waals surface area contributed by atoms with Gasteiger partial charge in [0, 0.05) is 38.3 Å². The Balaban J connectivity index is 1.74. The zero-order valence-corrected chi connectivity index (χ0v) is 9.47. The number of hydrogen-bond acceptors (Lipinski definition) is 5. The van der Waals surface area contributed by atoms with E-state index in [-0.39, 0.29) is 0 Å². The van der Waals surface area contributed by atoms with Crippen molar-refractivity contribution >= 4 is 0 Å². The van der Waals surface area contributed by atoms with Crippen LogP contribution in [0.15, 0.2) is 17.0 Å². The molecule has 0 aliphatic carbocycles. The average molecular weight is 221 g/mol. The molecule has 2 aromatic heterocycles. The molecule has 6 heteroatoms. The highest BCUT2D eigenvalue weighted by Gasteiger charge is 2.03. The zero-order chi connectivity index (χ0) is 11.4. The van der Waals surface area contributed by atoms with Crippen molar-refractivity contribution in [1.82, 2.24) is 25.2 Å². The van der Waals surface area contributed by atoms with Gasteiger partial charge in [0.1, 0.15) is 0 Å². The average Bonchev–Trinajstić information content (AvgIpc) is 2.84. The molecule has 0 saturated carbocycles. The molecule has 86 valence electrons. The van der Waals surface area contributed by atoms with Gasteiger partial charge in [-0.3, -0.25) is 4.68 Å². The molecule has 0 aliphatic heterocycles. The van der Waals surface area contributed by atoms with E-state index in [9.17, 15) is 0 Å². The minimum Gasteiger partial charge on any atom is -0.340 e. The largest absolute Gasteiger partial charge is 0.340 e. The van der Waals surface area contributed by atoms with Crippen molar-refractivity contribution in [3.8, 4) is 0 Å². The zero-order valence-electron chi connectivity index (χ0n) is 9.47. The summed E-state index contributed by atoms with van der Waals surface area (Å²) in [5.74, 6) is 0.662. The minimum atomic E-state index is 0.662. The Morgan fingerprint density at radius 1 is 1.50 bits per heavy atom. The third-order valence-electron chi connectivity index (χ3n) is 2.35. The fourth-order valence-corrected chi connectivity index (χ4v) is 1.55. The predicted octanol–water partition coefficient (Wildman–Crippen LogP) is 0.444. The van der Waals surface area contributed by atoms with E-state index in [1.54, 1.807) is 0 Å². The van der Waals surface area contributed by atoms with Crippen LogP contribution in [0.25, 0.3) is 0 Å². The monoisotopic (exact) mass is 221 g/mol. The Bertz CT molecular complexity index is 434. The summed E-state index contributed by atoms with van der Waals surface area (Å²) < 4.78 is 6.72. The van der Waals surface area contributed by atoms with E-state index < -0.39 is 0 Å². The molecule has 0 unspecified atom stereocenters. The van der Waals surface area contributed by atoms with Gasteiger partial charge in [0.25, 0.3) is 0 Å². The summed E-state index contributed by atoms with van der Waals surface area (Å²) in [6, 6.07) is 0. The molecular weight excluding hydrogens is 206 g/mol. The molecule has 2 aromatic rings. The van der Waals surface area contributed by atoms with E-state index in [0.717, 1.165) is 25.2 Å². The highest BCUT2D eigenvalue weighted by atomic mass is 16.5. The van der Waals surface area contributed by atoms with Gasteiger partial charge in [0.05, 0.1) is 5.69 Å². The highest BCUT2D eigenvalue weighted by Crippen LogP contribution is 2.03. The van der Waals surface area contributed by atoms with Gasteiger partial charge in [-0.15, -0.1) is 0 Å². The van der Waals surface area contributed by atoms with Gasteiger partial charge in [-0.1, -0.05) is 5.16 Å². The number of hydrogen-bond donors (Lipinski definition) is 1. The van der Waals surface area contributed by atoms with Crippen LogP contribution in [0, 0.1) is 6.92 Å². The van der Waals surface area contributed by atoms with E-state index in [0.29, 0.717) is 5.89 Å². The fourth-order valence-electron chi connectivity index (χ4n) is 1.55. The molecule has 0 saturated heterocycles. The third kappa shape index (κ3) is 2.66. The molecular formula is C10H15N5O. The second-order valence-electron chi connectivity index (χ2n) is 3.68. The summed E-state index contributed by atoms with van der Waals surface area (Å²) >= 11 is 0. The van der Waals surface area contributed by atoms with E-state index in [4.69, 9.17) is 4.52 Å². The Hall–Kier alpha value is -1.69. The molecule has 2 heterocycles. The van der Waals surface area contributed by atoms with E-state index in [1.165, 1.54) is 11.9 Å². The fraction of sp³-hybridized carbons (Fsp3) is 0.500. The maximum absolute atomic E-state index is 4.90. The summed E-state index contributed by atoms with van der Waals surface area (Å²) in [5, 5.41) is 11.1. The lowest BCUT2D eigenvalue weighted by Gasteiger charge is -2.00. The topological polar surface area (TPSA) is 68.8 Å². The van der Waals surface area contributed by atoms with Crippen LogP contribution in [0.1, 0.15) is 17.1 Å². The first kappa shape index (κ1) is 10.8. The van der Waals surface area contributed by atoms with Crippen molar-refractivity contribution in [3.05, 3.63) is 29.7 Å². The maximum atomic E-state index is 4.90. The van der Waals surface area contributed by atoms with Gasteiger partial charge in [0.2, 0.25) is 5.89 Å². The highest BCUT2D eigenvalue weighted by molar-refractivity contribution is 5.14. The first-order valence-electron chi connectivity index (χ1n) is 5.21. The maximum Gasteiger partial charge on any atom is 0.227 e. The number of aryl methyl sites for hydroxylation is 2. The molecule has 0 radical (unpaired) electrons. The van der Waals surface area contributed by atoms with Crippen LogP contribution in [0.5, 0.6) is 0 Å². The molecule has 0 aliphatic rings. The molecule has 0 bridgehead atoms. The van der Waals surface area contributed by atoms with Gasteiger partial charge in [-0.2, -0.15) is 10.1 Å². The number of nitrogens with zero attached hydrogens (tertiary/aromatic N) is 4. The normalized spacial score (nSPS) is 10.9. The van der Waals surface area contributed by atoms with Crippen molar-refractivity contribution in [3.63, 3.8) is 0 Å². The summed E-state index contributed by atoms with van der Waals surface area (Å²) in [7, 11) is 1.93. The molecule has 2 rings (SSSR count). The summed E-state index contributed by atoms with van der Waals surface area (Å²) in [6.45, 7) is 3.64. The van der Waals surface area contributed by atoms with Crippen LogP contribution in [0.3, 0.4) is 0 Å². The lowest BCUT2D eigenvalue weighted by molar-refractivity contribution is 0.375. The Labute approximate surface area is 93.7 Å². The van der Waals surface area contributed by atoms with Crippen molar-refractivity contribution < 1.29 is 4.52 Å². The van der Waals surface area contributed by atoms with Gasteiger partial charge in [0.15, 0.2) is 6.33 Å². The quantitative estimate of drug-likeness (QED) is 0.742. The van der Waals surface area contributed by atoms with Crippen molar-refractivity contribution in [1.29, 1.82) is 0 Å². The van der Waals surface area contributed by atoms with Crippen LogP contribution < -0.4 is 5.32 Å². The van der Waals surface area contributed by atoms with Crippen LogP contribution in [-0.2, 0) is 20.0 Å².